The number of aryl methyl sites for hydroxylation is 1. The van der Waals surface area contributed by atoms with E-state index in [1.807, 2.05) is 0 Å². The van der Waals surface area contributed by atoms with Crippen molar-refractivity contribution in [3.8, 4) is 0 Å². The molecular formula is C10H15ClN2O3S. The van der Waals surface area contributed by atoms with Crippen LogP contribution in [0.25, 0.3) is 0 Å². The molecular weight excluding hydrogens is 264 g/mol. The van der Waals surface area contributed by atoms with Crippen molar-refractivity contribution in [2.24, 2.45) is 7.05 Å². The monoisotopic (exact) mass is 278 g/mol. The largest absolute Gasteiger partial charge is 0.379 e. The average molecular weight is 279 g/mol. The van der Waals surface area contributed by atoms with E-state index in [1.165, 1.54) is 4.31 Å². The molecule has 0 unspecified atom stereocenters. The van der Waals surface area contributed by atoms with Gasteiger partial charge in [-0.2, -0.15) is 4.31 Å². The zero-order chi connectivity index (χ0) is 12.5. The van der Waals surface area contributed by atoms with Gasteiger partial charge in [0.05, 0.1) is 19.1 Å². The van der Waals surface area contributed by atoms with Crippen LogP contribution in [0.4, 0.5) is 0 Å². The fourth-order valence-electron chi connectivity index (χ4n) is 1.79. The number of nitrogens with zero attached hydrogens (tertiary/aromatic N) is 2. The van der Waals surface area contributed by atoms with E-state index in [2.05, 4.69) is 0 Å². The van der Waals surface area contributed by atoms with Gasteiger partial charge in [-0.05, 0) is 6.07 Å². The van der Waals surface area contributed by atoms with Gasteiger partial charge in [-0.1, -0.05) is 0 Å². The van der Waals surface area contributed by atoms with Crippen LogP contribution < -0.4 is 0 Å². The van der Waals surface area contributed by atoms with Crippen molar-refractivity contribution < 1.29 is 13.2 Å². The van der Waals surface area contributed by atoms with Crippen molar-refractivity contribution in [2.75, 3.05) is 26.3 Å². The van der Waals surface area contributed by atoms with Gasteiger partial charge in [0.1, 0.15) is 4.90 Å². The van der Waals surface area contributed by atoms with Gasteiger partial charge >= 0.3 is 0 Å². The Morgan fingerprint density at radius 2 is 2.06 bits per heavy atom. The summed E-state index contributed by atoms with van der Waals surface area (Å²) in [6.45, 7) is 1.73. The highest BCUT2D eigenvalue weighted by atomic mass is 35.5. The summed E-state index contributed by atoms with van der Waals surface area (Å²) in [5.74, 6) is 0.301. The van der Waals surface area contributed by atoms with Crippen molar-refractivity contribution in [1.29, 1.82) is 0 Å². The third-order valence-corrected chi connectivity index (χ3v) is 4.97. The van der Waals surface area contributed by atoms with Crippen LogP contribution in [0, 0.1) is 0 Å². The summed E-state index contributed by atoms with van der Waals surface area (Å²) in [5.41, 5.74) is 0.790. The average Bonchev–Trinajstić information content (AvgIpc) is 2.72. The molecule has 1 aliphatic rings. The lowest BCUT2D eigenvalue weighted by atomic mass is 10.5. The number of alkyl halides is 1. The van der Waals surface area contributed by atoms with E-state index < -0.39 is 10.0 Å². The number of sulfonamides is 1. The van der Waals surface area contributed by atoms with Gasteiger partial charge in [0.15, 0.2) is 0 Å². The van der Waals surface area contributed by atoms with Gasteiger partial charge in [-0.25, -0.2) is 8.42 Å². The van der Waals surface area contributed by atoms with Crippen LogP contribution in [0.3, 0.4) is 0 Å². The molecule has 2 heterocycles. The van der Waals surface area contributed by atoms with E-state index in [4.69, 9.17) is 16.3 Å². The highest BCUT2D eigenvalue weighted by molar-refractivity contribution is 7.89. The fraction of sp³-hybridized carbons (Fsp3) is 0.600. The molecule has 96 valence electrons. The van der Waals surface area contributed by atoms with Gasteiger partial charge in [0, 0.05) is 32.0 Å². The predicted molar refractivity (Wildman–Crippen MR) is 64.5 cm³/mol. The lowest BCUT2D eigenvalue weighted by Gasteiger charge is -2.25. The number of halogens is 1. The van der Waals surface area contributed by atoms with Crippen LogP contribution in [0.2, 0.25) is 0 Å². The number of aromatic nitrogens is 1. The van der Waals surface area contributed by atoms with E-state index in [1.54, 1.807) is 23.9 Å². The van der Waals surface area contributed by atoms with Crippen LogP contribution >= 0.6 is 11.6 Å². The molecule has 0 aliphatic carbocycles. The third kappa shape index (κ3) is 2.49. The van der Waals surface area contributed by atoms with Crippen LogP contribution in [-0.4, -0.2) is 43.6 Å². The summed E-state index contributed by atoms with van der Waals surface area (Å²) in [7, 11) is -1.61. The maximum atomic E-state index is 12.3. The molecule has 17 heavy (non-hydrogen) atoms. The van der Waals surface area contributed by atoms with Gasteiger partial charge in [0.25, 0.3) is 0 Å². The maximum absolute atomic E-state index is 12.3. The summed E-state index contributed by atoms with van der Waals surface area (Å²) in [6, 6.07) is 1.62. The second kappa shape index (κ2) is 4.97. The Bertz CT molecular complexity index is 492. The molecule has 0 aromatic carbocycles. The Hall–Kier alpha value is -0.560. The standard InChI is InChI=1S/C10H15ClN2O3S/c1-12-8-10(6-9(12)7-11)17(14,15)13-2-4-16-5-3-13/h6,8H,2-5,7H2,1H3. The van der Waals surface area contributed by atoms with E-state index in [9.17, 15) is 8.42 Å². The summed E-state index contributed by atoms with van der Waals surface area (Å²) >= 11 is 5.73. The number of morpholine rings is 1. The second-order valence-electron chi connectivity index (χ2n) is 3.93. The number of hydrogen-bond acceptors (Lipinski definition) is 3. The lowest BCUT2D eigenvalue weighted by Crippen LogP contribution is -2.40. The predicted octanol–water partition coefficient (Wildman–Crippen LogP) is 0.785. The Morgan fingerprint density at radius 1 is 1.41 bits per heavy atom. The van der Waals surface area contributed by atoms with E-state index in [-0.39, 0.29) is 0 Å². The third-order valence-electron chi connectivity index (χ3n) is 2.83. The molecule has 5 nitrogen and oxygen atoms in total. The van der Waals surface area contributed by atoms with Crippen LogP contribution in [0.1, 0.15) is 5.69 Å². The molecule has 1 saturated heterocycles. The Kier molecular flexibility index (Phi) is 3.77. The Morgan fingerprint density at radius 3 is 2.59 bits per heavy atom. The molecule has 7 heteroatoms. The van der Waals surface area contributed by atoms with E-state index >= 15 is 0 Å². The summed E-state index contributed by atoms with van der Waals surface area (Å²) in [5, 5.41) is 0. The molecule has 0 spiro atoms. The topological polar surface area (TPSA) is 51.5 Å². The summed E-state index contributed by atoms with van der Waals surface area (Å²) in [4.78, 5) is 0.303. The quantitative estimate of drug-likeness (QED) is 0.768. The number of hydrogen-bond donors (Lipinski definition) is 0. The second-order valence-corrected chi connectivity index (χ2v) is 6.13. The Labute approximate surface area is 106 Å². The maximum Gasteiger partial charge on any atom is 0.244 e. The first-order chi connectivity index (χ1) is 8.05. The first kappa shape index (κ1) is 12.9. The molecule has 1 aliphatic heterocycles. The minimum absolute atomic E-state index is 0.301. The van der Waals surface area contributed by atoms with Gasteiger partial charge in [0.2, 0.25) is 10.0 Å². The van der Waals surface area contributed by atoms with Crippen molar-refractivity contribution in [3.05, 3.63) is 18.0 Å². The smallest absolute Gasteiger partial charge is 0.244 e. The van der Waals surface area contributed by atoms with Crippen molar-refractivity contribution >= 4 is 21.6 Å². The van der Waals surface area contributed by atoms with Gasteiger partial charge < -0.3 is 9.30 Å². The van der Waals surface area contributed by atoms with Crippen LogP contribution in [0.5, 0.6) is 0 Å². The molecule has 0 N–H and O–H groups in total. The molecule has 0 saturated carbocycles. The molecule has 0 atom stereocenters. The SMILES string of the molecule is Cn1cc(S(=O)(=O)N2CCOCC2)cc1CCl. The minimum Gasteiger partial charge on any atom is -0.379 e. The lowest BCUT2D eigenvalue weighted by molar-refractivity contribution is 0.0730. The molecule has 1 fully saturated rings. The van der Waals surface area contributed by atoms with Crippen LogP contribution in [0.15, 0.2) is 17.2 Å². The minimum atomic E-state index is -3.40. The zero-order valence-electron chi connectivity index (χ0n) is 9.60. The zero-order valence-corrected chi connectivity index (χ0v) is 11.2. The van der Waals surface area contributed by atoms with Gasteiger partial charge in [-0.15, -0.1) is 11.6 Å². The van der Waals surface area contributed by atoms with Crippen molar-refractivity contribution in [1.82, 2.24) is 8.87 Å². The van der Waals surface area contributed by atoms with E-state index in [0.29, 0.717) is 37.1 Å². The highest BCUT2D eigenvalue weighted by Gasteiger charge is 2.27. The summed E-state index contributed by atoms with van der Waals surface area (Å²) in [6.07, 6.45) is 1.60. The molecule has 0 amide bonds. The first-order valence-electron chi connectivity index (χ1n) is 5.35. The van der Waals surface area contributed by atoms with Crippen LogP contribution in [-0.2, 0) is 27.7 Å². The fourth-order valence-corrected chi connectivity index (χ4v) is 3.56. The molecule has 0 radical (unpaired) electrons. The molecule has 1 aromatic heterocycles. The van der Waals surface area contributed by atoms with E-state index in [0.717, 1.165) is 5.69 Å². The molecule has 2 rings (SSSR count). The first-order valence-corrected chi connectivity index (χ1v) is 7.32. The summed E-state index contributed by atoms with van der Waals surface area (Å²) < 4.78 is 32.9. The van der Waals surface area contributed by atoms with Crippen molar-refractivity contribution in [3.63, 3.8) is 0 Å². The molecule has 0 bridgehead atoms. The number of ether oxygens (including phenoxy) is 1. The number of rotatable bonds is 3. The molecule has 1 aromatic rings. The normalized spacial score (nSPS) is 18.5. The highest BCUT2D eigenvalue weighted by Crippen LogP contribution is 2.20. The van der Waals surface area contributed by atoms with Gasteiger partial charge in [-0.3, -0.25) is 0 Å². The Balaban J connectivity index is 2.30. The van der Waals surface area contributed by atoms with Crippen molar-refractivity contribution in [2.45, 2.75) is 10.8 Å².